The monoisotopic (exact) mass is 260 g/mol. The van der Waals surface area contributed by atoms with Crippen molar-refractivity contribution in [3.63, 3.8) is 0 Å². The zero-order valence-corrected chi connectivity index (χ0v) is 11.7. The molecule has 1 atom stereocenters. The number of nitrogens with zero attached hydrogens (tertiary/aromatic N) is 2. The Balaban J connectivity index is 2.04. The van der Waals surface area contributed by atoms with Crippen LogP contribution in [-0.2, 0) is 15.9 Å². The third-order valence-corrected chi connectivity index (χ3v) is 3.35. The molecule has 2 rings (SSSR count). The van der Waals surface area contributed by atoms with Crippen molar-refractivity contribution in [1.82, 2.24) is 0 Å². The van der Waals surface area contributed by atoms with Gasteiger partial charge in [0.2, 0.25) is 11.8 Å². The van der Waals surface area contributed by atoms with Crippen LogP contribution in [0.25, 0.3) is 0 Å². The van der Waals surface area contributed by atoms with Gasteiger partial charge in [0.25, 0.3) is 0 Å². The summed E-state index contributed by atoms with van der Waals surface area (Å²) in [5, 5.41) is 0. The molecule has 0 fully saturated rings. The first-order valence-corrected chi connectivity index (χ1v) is 6.48. The summed E-state index contributed by atoms with van der Waals surface area (Å²) < 4.78 is 10.5. The average Bonchev–Trinajstić information content (AvgIpc) is 2.46. The molecule has 1 heterocycles. The molecule has 1 aromatic rings. The summed E-state index contributed by atoms with van der Waals surface area (Å²) in [6.45, 7) is 2.60. The maximum absolute atomic E-state index is 5.30. The van der Waals surface area contributed by atoms with Crippen LogP contribution < -0.4 is 0 Å². The van der Waals surface area contributed by atoms with E-state index >= 15 is 0 Å². The highest BCUT2D eigenvalue weighted by molar-refractivity contribution is 5.91. The molecular formula is C15H20N2O2. The predicted octanol–water partition coefficient (Wildman–Crippen LogP) is 2.40. The number of methoxy groups -OCH3 is 2. The first-order valence-electron chi connectivity index (χ1n) is 6.48. The van der Waals surface area contributed by atoms with E-state index in [0.717, 1.165) is 12.8 Å². The molecule has 0 amide bonds. The topological polar surface area (TPSA) is 43.2 Å². The fourth-order valence-corrected chi connectivity index (χ4v) is 2.21. The van der Waals surface area contributed by atoms with E-state index in [1.807, 2.05) is 0 Å². The summed E-state index contributed by atoms with van der Waals surface area (Å²) >= 11 is 0. The molecule has 0 spiro atoms. The average molecular weight is 260 g/mol. The lowest BCUT2D eigenvalue weighted by Gasteiger charge is -2.19. The van der Waals surface area contributed by atoms with Gasteiger partial charge in [-0.25, -0.2) is 9.98 Å². The molecule has 1 unspecified atom stereocenters. The van der Waals surface area contributed by atoms with E-state index in [1.165, 1.54) is 11.1 Å². The van der Waals surface area contributed by atoms with Crippen molar-refractivity contribution >= 4 is 11.8 Å². The molecule has 0 saturated carbocycles. The van der Waals surface area contributed by atoms with E-state index in [0.29, 0.717) is 18.3 Å². The Bertz CT molecular complexity index is 495. The summed E-state index contributed by atoms with van der Waals surface area (Å²) in [5.74, 6) is 1.38. The molecule has 4 heteroatoms. The van der Waals surface area contributed by atoms with E-state index in [9.17, 15) is 0 Å². The van der Waals surface area contributed by atoms with Gasteiger partial charge in [-0.3, -0.25) is 0 Å². The first kappa shape index (κ1) is 13.6. The molecule has 4 nitrogen and oxygen atoms in total. The van der Waals surface area contributed by atoms with Gasteiger partial charge in [-0.2, -0.15) is 0 Å². The number of hydrogen-bond donors (Lipinski definition) is 0. The number of ether oxygens (including phenoxy) is 2. The lowest BCUT2D eigenvalue weighted by atomic mass is 10.0. The molecule has 0 saturated heterocycles. The molecule has 102 valence electrons. The van der Waals surface area contributed by atoms with Gasteiger partial charge in [-0.15, -0.1) is 0 Å². The summed E-state index contributed by atoms with van der Waals surface area (Å²) in [5.41, 5.74) is 2.66. The lowest BCUT2D eigenvalue weighted by molar-refractivity contribution is 0.357. The zero-order valence-electron chi connectivity index (χ0n) is 11.7. The number of rotatable bonds is 3. The molecule has 1 aliphatic heterocycles. The second-order valence-electron chi connectivity index (χ2n) is 4.57. The number of aliphatic imine (C=N–C) groups is 2. The van der Waals surface area contributed by atoms with Gasteiger partial charge in [-0.05, 0) is 30.9 Å². The van der Waals surface area contributed by atoms with Gasteiger partial charge in [0.05, 0.1) is 14.2 Å². The maximum atomic E-state index is 5.30. The Morgan fingerprint density at radius 2 is 2.00 bits per heavy atom. The third-order valence-electron chi connectivity index (χ3n) is 3.35. The van der Waals surface area contributed by atoms with Crippen LogP contribution in [0.5, 0.6) is 0 Å². The molecule has 19 heavy (non-hydrogen) atoms. The minimum absolute atomic E-state index is 0.0340. The molecule has 0 radical (unpaired) electrons. The second kappa shape index (κ2) is 6.36. The second-order valence-corrected chi connectivity index (χ2v) is 4.57. The highest BCUT2D eigenvalue weighted by Gasteiger charge is 2.21. The predicted molar refractivity (Wildman–Crippen MR) is 77.0 cm³/mol. The van der Waals surface area contributed by atoms with Crippen molar-refractivity contribution in [2.45, 2.75) is 25.8 Å². The van der Waals surface area contributed by atoms with Crippen LogP contribution in [0.1, 0.15) is 17.5 Å². The Labute approximate surface area is 114 Å². The SMILES string of the molecule is COC1=NC(CCc2ccccc2C)C(OC)=NC1. The van der Waals surface area contributed by atoms with E-state index in [-0.39, 0.29) is 6.04 Å². The molecular weight excluding hydrogens is 240 g/mol. The fraction of sp³-hybridized carbons (Fsp3) is 0.467. The standard InChI is InChI=1S/C15H20N2O2/c1-11-6-4-5-7-12(11)8-9-13-15(19-3)16-10-14(17-13)18-2/h4-7,13H,8-10H2,1-3H3. The Kier molecular flexibility index (Phi) is 4.55. The highest BCUT2D eigenvalue weighted by atomic mass is 16.5. The van der Waals surface area contributed by atoms with Crippen LogP contribution in [0.4, 0.5) is 0 Å². The van der Waals surface area contributed by atoms with E-state index in [1.54, 1.807) is 14.2 Å². The van der Waals surface area contributed by atoms with Gasteiger partial charge in [0.1, 0.15) is 12.6 Å². The molecule has 1 aliphatic rings. The van der Waals surface area contributed by atoms with Crippen molar-refractivity contribution in [1.29, 1.82) is 0 Å². The van der Waals surface area contributed by atoms with Gasteiger partial charge in [0, 0.05) is 0 Å². The number of benzene rings is 1. The van der Waals surface area contributed by atoms with Crippen LogP contribution >= 0.6 is 0 Å². The van der Waals surface area contributed by atoms with E-state index < -0.39 is 0 Å². The maximum Gasteiger partial charge on any atom is 0.209 e. The number of aryl methyl sites for hydroxylation is 2. The number of hydrogen-bond acceptors (Lipinski definition) is 4. The molecule has 0 N–H and O–H groups in total. The Morgan fingerprint density at radius 1 is 1.21 bits per heavy atom. The minimum atomic E-state index is -0.0340. The Morgan fingerprint density at radius 3 is 2.68 bits per heavy atom. The summed E-state index contributed by atoms with van der Waals surface area (Å²) in [6.07, 6.45) is 1.84. The summed E-state index contributed by atoms with van der Waals surface area (Å²) in [7, 11) is 3.28. The van der Waals surface area contributed by atoms with E-state index in [2.05, 4.69) is 41.2 Å². The van der Waals surface area contributed by atoms with Crippen LogP contribution in [-0.4, -0.2) is 38.6 Å². The zero-order chi connectivity index (χ0) is 13.7. The molecule has 0 aromatic heterocycles. The van der Waals surface area contributed by atoms with Crippen molar-refractivity contribution in [3.8, 4) is 0 Å². The van der Waals surface area contributed by atoms with Crippen LogP contribution in [0.15, 0.2) is 34.3 Å². The normalized spacial score (nSPS) is 18.6. The van der Waals surface area contributed by atoms with Gasteiger partial charge in [0.15, 0.2) is 0 Å². The van der Waals surface area contributed by atoms with Crippen LogP contribution in [0, 0.1) is 6.92 Å². The quantitative estimate of drug-likeness (QED) is 0.837. The Hall–Kier alpha value is -1.84. The van der Waals surface area contributed by atoms with Gasteiger partial charge >= 0.3 is 0 Å². The van der Waals surface area contributed by atoms with Crippen LogP contribution in [0.2, 0.25) is 0 Å². The van der Waals surface area contributed by atoms with Crippen molar-refractivity contribution in [2.24, 2.45) is 9.98 Å². The van der Waals surface area contributed by atoms with E-state index in [4.69, 9.17) is 9.47 Å². The fourth-order valence-electron chi connectivity index (χ4n) is 2.21. The third kappa shape index (κ3) is 3.34. The van der Waals surface area contributed by atoms with Crippen LogP contribution in [0.3, 0.4) is 0 Å². The lowest BCUT2D eigenvalue weighted by Crippen LogP contribution is -2.29. The molecule has 1 aromatic carbocycles. The van der Waals surface area contributed by atoms with Crippen molar-refractivity contribution in [2.75, 3.05) is 20.8 Å². The summed E-state index contributed by atoms with van der Waals surface area (Å²) in [4.78, 5) is 8.89. The summed E-state index contributed by atoms with van der Waals surface area (Å²) in [6, 6.07) is 8.38. The first-order chi connectivity index (χ1) is 9.24. The molecule has 0 aliphatic carbocycles. The van der Waals surface area contributed by atoms with Gasteiger partial charge in [-0.1, -0.05) is 24.3 Å². The minimum Gasteiger partial charge on any atom is -0.483 e. The highest BCUT2D eigenvalue weighted by Crippen LogP contribution is 2.15. The van der Waals surface area contributed by atoms with Crippen molar-refractivity contribution in [3.05, 3.63) is 35.4 Å². The van der Waals surface area contributed by atoms with Crippen molar-refractivity contribution < 1.29 is 9.47 Å². The molecule has 0 bridgehead atoms. The largest absolute Gasteiger partial charge is 0.483 e. The van der Waals surface area contributed by atoms with Gasteiger partial charge < -0.3 is 9.47 Å². The smallest absolute Gasteiger partial charge is 0.209 e.